The number of aliphatic hydroxyl groups excluding tert-OH is 8. The van der Waals surface area contributed by atoms with Crippen LogP contribution >= 0.6 is 0 Å². The molecule has 2 fully saturated rings. The minimum absolute atomic E-state index is 0.0726. The van der Waals surface area contributed by atoms with Crippen molar-refractivity contribution in [3.8, 4) is 34.3 Å². The Labute approximate surface area is 241 Å². The number of aromatic hydroxyl groups is 2. The van der Waals surface area contributed by atoms with Crippen molar-refractivity contribution in [2.45, 2.75) is 61.4 Å². The van der Waals surface area contributed by atoms with Gasteiger partial charge in [-0.15, -0.1) is 0 Å². The summed E-state index contributed by atoms with van der Waals surface area (Å²) in [6, 6.07) is 7.05. The zero-order valence-electron chi connectivity index (χ0n) is 22.1. The lowest BCUT2D eigenvalue weighted by Crippen LogP contribution is -2.60. The van der Waals surface area contributed by atoms with Gasteiger partial charge in [0.2, 0.25) is 12.6 Å². The Bertz CT molecular complexity index is 1500. The summed E-state index contributed by atoms with van der Waals surface area (Å²) in [7, 11) is 0. The van der Waals surface area contributed by atoms with Crippen molar-refractivity contribution in [3.63, 3.8) is 0 Å². The number of hydrogen-bond donors (Lipinski definition) is 10. The number of ether oxygens (including phenoxy) is 4. The van der Waals surface area contributed by atoms with Crippen LogP contribution in [-0.4, -0.2) is 126 Å². The van der Waals surface area contributed by atoms with Crippen LogP contribution in [0.15, 0.2) is 45.6 Å². The average Bonchev–Trinajstić information content (AvgIpc) is 2.98. The Balaban J connectivity index is 1.41. The Morgan fingerprint density at radius 1 is 0.674 bits per heavy atom. The van der Waals surface area contributed by atoms with Gasteiger partial charge in [0.05, 0.1) is 13.2 Å². The van der Waals surface area contributed by atoms with Crippen molar-refractivity contribution >= 4 is 11.0 Å². The first-order valence-corrected chi connectivity index (χ1v) is 13.0. The van der Waals surface area contributed by atoms with Gasteiger partial charge in [0.15, 0.2) is 16.9 Å². The quantitative estimate of drug-likeness (QED) is 0.130. The van der Waals surface area contributed by atoms with Crippen molar-refractivity contribution < 1.29 is 74.4 Å². The number of rotatable bonds is 7. The Hall–Kier alpha value is -3.55. The van der Waals surface area contributed by atoms with Crippen molar-refractivity contribution in [1.82, 2.24) is 0 Å². The molecule has 5 rings (SSSR count). The van der Waals surface area contributed by atoms with Crippen LogP contribution in [0.1, 0.15) is 0 Å². The van der Waals surface area contributed by atoms with Crippen LogP contribution in [0.2, 0.25) is 0 Å². The number of phenolic OH excluding ortho intramolecular Hbond substituents is 2. The van der Waals surface area contributed by atoms with Gasteiger partial charge in [0.1, 0.15) is 77.1 Å². The van der Waals surface area contributed by atoms with Crippen molar-refractivity contribution in [1.29, 1.82) is 0 Å². The van der Waals surface area contributed by atoms with Crippen molar-refractivity contribution in [2.24, 2.45) is 0 Å². The van der Waals surface area contributed by atoms with Gasteiger partial charge >= 0.3 is 0 Å². The monoisotopic (exact) mass is 610 g/mol. The van der Waals surface area contributed by atoms with Gasteiger partial charge in [-0.1, -0.05) is 0 Å². The highest BCUT2D eigenvalue weighted by Crippen LogP contribution is 2.37. The third kappa shape index (κ3) is 5.85. The summed E-state index contributed by atoms with van der Waals surface area (Å²) in [6.45, 7) is -1.37. The molecule has 0 aliphatic carbocycles. The second kappa shape index (κ2) is 12.2. The average molecular weight is 611 g/mol. The number of phenols is 2. The molecule has 0 bridgehead atoms. The van der Waals surface area contributed by atoms with Crippen LogP contribution in [0.25, 0.3) is 22.3 Å². The molecule has 16 heteroatoms. The van der Waals surface area contributed by atoms with Crippen LogP contribution in [0.3, 0.4) is 0 Å². The standard InChI is InChI=1S/C27H30O16/c28-7-17-20(33)22(35)24(37)26(42-17)39-10-4-12(31)19-13(32)6-15(40-16(19)5-10)9-1-2-14(11(30)3-9)41-27-25(38)23(36)21(34)18(8-29)43-27/h1-6,17-18,20-31,33-38H,7-8H2/t17-,18?,20+,21+,22?,23?,24?,25?,26+,27+/m0/s1. The van der Waals surface area contributed by atoms with Gasteiger partial charge in [-0.05, 0) is 18.2 Å². The van der Waals surface area contributed by atoms with E-state index in [4.69, 9.17) is 23.4 Å². The summed E-state index contributed by atoms with van der Waals surface area (Å²) in [5, 5.41) is 99.9. The molecule has 2 aromatic carbocycles. The molecule has 0 amide bonds. The highest BCUT2D eigenvalue weighted by molar-refractivity contribution is 5.86. The van der Waals surface area contributed by atoms with E-state index >= 15 is 0 Å². The maximum Gasteiger partial charge on any atom is 0.229 e. The molecule has 1 aromatic heterocycles. The number of fused-ring (bicyclic) bond motifs is 1. The topological polar surface area (TPSA) is 269 Å². The largest absolute Gasteiger partial charge is 0.507 e. The Kier molecular flexibility index (Phi) is 8.77. The third-order valence-electron chi connectivity index (χ3n) is 7.22. The summed E-state index contributed by atoms with van der Waals surface area (Å²) >= 11 is 0. The highest BCUT2D eigenvalue weighted by atomic mass is 16.7. The molecule has 2 saturated heterocycles. The summed E-state index contributed by atoms with van der Waals surface area (Å²) in [5.74, 6) is -1.51. The lowest BCUT2D eigenvalue weighted by Gasteiger charge is -2.39. The van der Waals surface area contributed by atoms with E-state index in [0.29, 0.717) is 0 Å². The molecule has 5 unspecified atom stereocenters. The molecule has 10 N–H and O–H groups in total. The fourth-order valence-corrected chi connectivity index (χ4v) is 4.81. The van der Waals surface area contributed by atoms with Crippen molar-refractivity contribution in [3.05, 3.63) is 46.6 Å². The molecule has 0 radical (unpaired) electrons. The summed E-state index contributed by atoms with van der Waals surface area (Å²) in [5.41, 5.74) is -0.685. The van der Waals surface area contributed by atoms with Crippen molar-refractivity contribution in [2.75, 3.05) is 13.2 Å². The summed E-state index contributed by atoms with van der Waals surface area (Å²) < 4.78 is 27.3. The summed E-state index contributed by atoms with van der Waals surface area (Å²) in [4.78, 5) is 12.9. The molecule has 0 saturated carbocycles. The minimum Gasteiger partial charge on any atom is -0.507 e. The van der Waals surface area contributed by atoms with E-state index in [0.717, 1.165) is 18.2 Å². The van der Waals surface area contributed by atoms with E-state index in [2.05, 4.69) is 0 Å². The fourth-order valence-electron chi connectivity index (χ4n) is 4.81. The van der Waals surface area contributed by atoms with E-state index in [1.54, 1.807) is 0 Å². The lowest BCUT2D eigenvalue weighted by atomic mass is 9.99. The van der Waals surface area contributed by atoms with Gasteiger partial charge in [-0.25, -0.2) is 0 Å². The van der Waals surface area contributed by atoms with Gasteiger partial charge in [-0.2, -0.15) is 0 Å². The molecular weight excluding hydrogens is 580 g/mol. The first-order valence-electron chi connectivity index (χ1n) is 13.0. The van der Waals surface area contributed by atoms with Crippen LogP contribution < -0.4 is 14.9 Å². The molecule has 2 aliphatic rings. The zero-order valence-corrected chi connectivity index (χ0v) is 22.1. The van der Waals surface area contributed by atoms with E-state index in [9.17, 15) is 55.9 Å². The smallest absolute Gasteiger partial charge is 0.229 e. The second-order valence-electron chi connectivity index (χ2n) is 10.1. The molecule has 10 atom stereocenters. The van der Waals surface area contributed by atoms with Crippen LogP contribution in [0, 0.1) is 0 Å². The van der Waals surface area contributed by atoms with E-state index in [1.165, 1.54) is 18.2 Å². The Morgan fingerprint density at radius 2 is 1.26 bits per heavy atom. The van der Waals surface area contributed by atoms with Gasteiger partial charge < -0.3 is 74.4 Å². The van der Waals surface area contributed by atoms with Gasteiger partial charge in [0, 0.05) is 23.8 Å². The normalized spacial score (nSPS) is 32.9. The number of hydrogen-bond acceptors (Lipinski definition) is 16. The predicted molar refractivity (Wildman–Crippen MR) is 140 cm³/mol. The van der Waals surface area contributed by atoms with E-state index < -0.39 is 91.6 Å². The second-order valence-corrected chi connectivity index (χ2v) is 10.1. The maximum atomic E-state index is 12.9. The molecule has 16 nitrogen and oxygen atoms in total. The first kappa shape index (κ1) is 30.9. The van der Waals surface area contributed by atoms with E-state index in [1.807, 2.05) is 0 Å². The molecule has 2 aliphatic heterocycles. The van der Waals surface area contributed by atoms with Gasteiger partial charge in [-0.3, -0.25) is 4.79 Å². The first-order chi connectivity index (χ1) is 20.4. The van der Waals surface area contributed by atoms with Crippen LogP contribution in [0.5, 0.6) is 23.0 Å². The minimum atomic E-state index is -1.74. The maximum absolute atomic E-state index is 12.9. The molecule has 43 heavy (non-hydrogen) atoms. The predicted octanol–water partition coefficient (Wildman–Crippen LogP) is -2.77. The molecule has 3 heterocycles. The molecular formula is C27H30O16. The van der Waals surface area contributed by atoms with Crippen LogP contribution in [0.4, 0.5) is 0 Å². The van der Waals surface area contributed by atoms with E-state index in [-0.39, 0.29) is 33.8 Å². The highest BCUT2D eigenvalue weighted by Gasteiger charge is 2.46. The molecule has 0 spiro atoms. The number of aliphatic hydroxyl groups is 8. The van der Waals surface area contributed by atoms with Crippen LogP contribution in [-0.2, 0) is 9.47 Å². The number of benzene rings is 2. The zero-order chi connectivity index (χ0) is 31.2. The third-order valence-corrected chi connectivity index (χ3v) is 7.22. The molecule has 234 valence electrons. The molecule has 3 aromatic rings. The van der Waals surface area contributed by atoms with Gasteiger partial charge in [0.25, 0.3) is 0 Å². The lowest BCUT2D eigenvalue weighted by molar-refractivity contribution is -0.277. The fraction of sp³-hybridized carbons (Fsp3) is 0.444. The Morgan fingerprint density at radius 3 is 1.81 bits per heavy atom. The summed E-state index contributed by atoms with van der Waals surface area (Å²) in [6.07, 6.45) is -15.7. The SMILES string of the molecule is O=c1cc(-c2ccc(O[C@@H]3OC(CO)[C@@H](O)C(O)C3O)c(O)c2)oc2cc(O[C@@H]3O[C@@H](CO)[C@@H](O)C(O)C3O)cc(O)c12.